The molecule has 0 aliphatic carbocycles. The molecule has 0 amide bonds. The molecule has 0 aliphatic heterocycles. The molecular formula is C15H23F2N. The zero-order valence-corrected chi connectivity index (χ0v) is 11.5. The third kappa shape index (κ3) is 4.73. The maximum absolute atomic E-state index is 13.4. The molecule has 0 fully saturated rings. The van der Waals surface area contributed by atoms with Gasteiger partial charge in [0.05, 0.1) is 0 Å². The van der Waals surface area contributed by atoms with E-state index in [-0.39, 0.29) is 11.6 Å². The molecule has 1 nitrogen and oxygen atoms in total. The molecule has 102 valence electrons. The summed E-state index contributed by atoms with van der Waals surface area (Å²) in [5.41, 5.74) is 7.78. The molecule has 0 radical (unpaired) electrons. The van der Waals surface area contributed by atoms with Gasteiger partial charge in [-0.05, 0) is 55.9 Å². The SMILES string of the molecule is CCc1cc(CCC[C@H](C)N)cc(C(C)(F)F)c1. The van der Waals surface area contributed by atoms with Crippen LogP contribution in [-0.2, 0) is 18.8 Å². The van der Waals surface area contributed by atoms with E-state index < -0.39 is 5.92 Å². The molecule has 1 rings (SSSR count). The Hall–Kier alpha value is -0.960. The van der Waals surface area contributed by atoms with Gasteiger partial charge >= 0.3 is 0 Å². The van der Waals surface area contributed by atoms with Crippen LogP contribution in [0.1, 0.15) is 50.3 Å². The summed E-state index contributed by atoms with van der Waals surface area (Å²) in [5.74, 6) is -2.76. The zero-order chi connectivity index (χ0) is 13.8. The van der Waals surface area contributed by atoms with Gasteiger partial charge in [-0.25, -0.2) is 8.78 Å². The minimum absolute atomic E-state index is 0.123. The van der Waals surface area contributed by atoms with E-state index in [4.69, 9.17) is 5.73 Å². The second-order valence-electron chi connectivity index (χ2n) is 5.15. The fourth-order valence-corrected chi connectivity index (χ4v) is 1.99. The van der Waals surface area contributed by atoms with Gasteiger partial charge in [0.1, 0.15) is 0 Å². The van der Waals surface area contributed by atoms with Gasteiger partial charge in [-0.1, -0.05) is 13.0 Å². The molecule has 3 heteroatoms. The Morgan fingerprint density at radius 1 is 1.22 bits per heavy atom. The normalized spacial score (nSPS) is 13.7. The quantitative estimate of drug-likeness (QED) is 0.816. The van der Waals surface area contributed by atoms with E-state index in [0.717, 1.165) is 43.7 Å². The molecule has 1 aromatic carbocycles. The fourth-order valence-electron chi connectivity index (χ4n) is 1.99. The van der Waals surface area contributed by atoms with Gasteiger partial charge in [-0.2, -0.15) is 0 Å². The Kier molecular flexibility index (Phi) is 5.27. The van der Waals surface area contributed by atoms with Crippen molar-refractivity contribution < 1.29 is 8.78 Å². The van der Waals surface area contributed by atoms with Gasteiger partial charge in [0.25, 0.3) is 5.92 Å². The van der Waals surface area contributed by atoms with Crippen molar-refractivity contribution in [3.8, 4) is 0 Å². The van der Waals surface area contributed by atoms with Crippen LogP contribution >= 0.6 is 0 Å². The van der Waals surface area contributed by atoms with E-state index in [1.54, 1.807) is 12.1 Å². The van der Waals surface area contributed by atoms with Crippen molar-refractivity contribution >= 4 is 0 Å². The van der Waals surface area contributed by atoms with Crippen LogP contribution in [0, 0.1) is 0 Å². The monoisotopic (exact) mass is 255 g/mol. The van der Waals surface area contributed by atoms with Gasteiger partial charge in [-0.15, -0.1) is 0 Å². The van der Waals surface area contributed by atoms with Crippen LogP contribution in [0.25, 0.3) is 0 Å². The molecule has 1 aromatic rings. The summed E-state index contributed by atoms with van der Waals surface area (Å²) in [6.45, 7) is 4.90. The molecule has 0 aromatic heterocycles. The van der Waals surface area contributed by atoms with E-state index in [2.05, 4.69) is 0 Å². The third-order valence-corrected chi connectivity index (χ3v) is 3.09. The Morgan fingerprint density at radius 3 is 2.33 bits per heavy atom. The standard InChI is InChI=1S/C15H23F2N/c1-4-12-8-13(7-5-6-11(2)18)10-14(9-12)15(3,16)17/h8-11H,4-7,18H2,1-3H3/t11-/m0/s1. The van der Waals surface area contributed by atoms with Crippen LogP contribution in [0.15, 0.2) is 18.2 Å². The first-order valence-corrected chi connectivity index (χ1v) is 6.59. The number of rotatable bonds is 6. The van der Waals surface area contributed by atoms with Crippen molar-refractivity contribution in [2.75, 3.05) is 0 Å². The first kappa shape index (κ1) is 15.1. The molecule has 1 atom stereocenters. The van der Waals surface area contributed by atoms with E-state index in [1.807, 2.05) is 19.9 Å². The Bertz CT molecular complexity index is 381. The van der Waals surface area contributed by atoms with Crippen LogP contribution in [0.2, 0.25) is 0 Å². The van der Waals surface area contributed by atoms with Crippen molar-refractivity contribution in [2.45, 2.75) is 58.4 Å². The highest BCUT2D eigenvalue weighted by Crippen LogP contribution is 2.29. The molecule has 0 spiro atoms. The average Bonchev–Trinajstić information content (AvgIpc) is 2.27. The van der Waals surface area contributed by atoms with E-state index in [0.29, 0.717) is 0 Å². The van der Waals surface area contributed by atoms with Crippen LogP contribution in [-0.4, -0.2) is 6.04 Å². The zero-order valence-electron chi connectivity index (χ0n) is 11.5. The number of alkyl halides is 2. The smallest absolute Gasteiger partial charge is 0.270 e. The molecule has 0 unspecified atom stereocenters. The van der Waals surface area contributed by atoms with Crippen molar-refractivity contribution in [3.05, 3.63) is 34.9 Å². The molecule has 0 saturated heterocycles. The minimum Gasteiger partial charge on any atom is -0.328 e. The Morgan fingerprint density at radius 2 is 1.83 bits per heavy atom. The second-order valence-corrected chi connectivity index (χ2v) is 5.15. The lowest BCUT2D eigenvalue weighted by atomic mass is 9.97. The van der Waals surface area contributed by atoms with Crippen molar-refractivity contribution in [1.29, 1.82) is 0 Å². The van der Waals surface area contributed by atoms with Crippen molar-refractivity contribution in [1.82, 2.24) is 0 Å². The summed E-state index contributed by atoms with van der Waals surface area (Å²) in [6, 6.07) is 5.43. The summed E-state index contributed by atoms with van der Waals surface area (Å²) in [7, 11) is 0. The molecule has 0 heterocycles. The first-order valence-electron chi connectivity index (χ1n) is 6.59. The summed E-state index contributed by atoms with van der Waals surface area (Å²) in [4.78, 5) is 0. The Labute approximate surface area is 108 Å². The van der Waals surface area contributed by atoms with E-state index in [1.165, 1.54) is 0 Å². The molecule has 0 bridgehead atoms. The van der Waals surface area contributed by atoms with Crippen molar-refractivity contribution in [3.63, 3.8) is 0 Å². The molecule has 0 saturated carbocycles. The average molecular weight is 255 g/mol. The number of nitrogens with two attached hydrogens (primary N) is 1. The predicted molar refractivity (Wildman–Crippen MR) is 72.0 cm³/mol. The molecule has 0 aliphatic rings. The summed E-state index contributed by atoms with van der Waals surface area (Å²) >= 11 is 0. The summed E-state index contributed by atoms with van der Waals surface area (Å²) in [5, 5.41) is 0. The van der Waals surface area contributed by atoms with Crippen LogP contribution < -0.4 is 5.73 Å². The van der Waals surface area contributed by atoms with Crippen LogP contribution in [0.4, 0.5) is 8.78 Å². The predicted octanol–water partition coefficient (Wildman–Crippen LogP) is 4.03. The van der Waals surface area contributed by atoms with E-state index >= 15 is 0 Å². The number of aryl methyl sites for hydroxylation is 2. The summed E-state index contributed by atoms with van der Waals surface area (Å²) < 4.78 is 26.8. The largest absolute Gasteiger partial charge is 0.328 e. The highest BCUT2D eigenvalue weighted by molar-refractivity contribution is 5.32. The highest BCUT2D eigenvalue weighted by atomic mass is 19.3. The second kappa shape index (κ2) is 6.28. The van der Waals surface area contributed by atoms with Gasteiger partial charge in [0, 0.05) is 18.5 Å². The van der Waals surface area contributed by atoms with Crippen LogP contribution in [0.3, 0.4) is 0 Å². The number of halogens is 2. The number of hydrogen-bond donors (Lipinski definition) is 1. The van der Waals surface area contributed by atoms with Gasteiger partial charge in [0.15, 0.2) is 0 Å². The molecule has 2 N–H and O–H groups in total. The number of benzene rings is 1. The Balaban J connectivity index is 2.84. The maximum Gasteiger partial charge on any atom is 0.270 e. The number of hydrogen-bond acceptors (Lipinski definition) is 1. The molecular weight excluding hydrogens is 232 g/mol. The lowest BCUT2D eigenvalue weighted by molar-refractivity contribution is 0.0173. The lowest BCUT2D eigenvalue weighted by Crippen LogP contribution is -2.14. The highest BCUT2D eigenvalue weighted by Gasteiger charge is 2.24. The first-order chi connectivity index (χ1) is 8.32. The topological polar surface area (TPSA) is 26.0 Å². The maximum atomic E-state index is 13.4. The summed E-state index contributed by atoms with van der Waals surface area (Å²) in [6.07, 6.45) is 3.47. The van der Waals surface area contributed by atoms with Crippen molar-refractivity contribution in [2.24, 2.45) is 5.73 Å². The fraction of sp³-hybridized carbons (Fsp3) is 0.600. The van der Waals surface area contributed by atoms with E-state index in [9.17, 15) is 8.78 Å². The lowest BCUT2D eigenvalue weighted by Gasteiger charge is -2.14. The van der Waals surface area contributed by atoms with Gasteiger partial charge < -0.3 is 5.73 Å². The van der Waals surface area contributed by atoms with Gasteiger partial charge in [0.2, 0.25) is 0 Å². The molecule has 18 heavy (non-hydrogen) atoms. The third-order valence-electron chi connectivity index (χ3n) is 3.09. The van der Waals surface area contributed by atoms with Gasteiger partial charge in [-0.3, -0.25) is 0 Å². The minimum atomic E-state index is -2.76. The van der Waals surface area contributed by atoms with Crippen LogP contribution in [0.5, 0.6) is 0 Å².